The second-order valence-electron chi connectivity index (χ2n) is 5.38. The van der Waals surface area contributed by atoms with E-state index in [1.807, 2.05) is 35.1 Å². The molecule has 1 fully saturated rings. The second kappa shape index (κ2) is 5.13. The SMILES string of the molecule is Clc1ccc2ncc(-c3ccc(C4CCNC4)nc3)n2c1. The fourth-order valence-electron chi connectivity index (χ4n) is 2.87. The van der Waals surface area contributed by atoms with Crippen molar-refractivity contribution in [1.29, 1.82) is 0 Å². The van der Waals surface area contributed by atoms with Gasteiger partial charge in [0.15, 0.2) is 0 Å². The molecule has 0 bridgehead atoms. The molecule has 1 aliphatic heterocycles. The maximum atomic E-state index is 6.08. The van der Waals surface area contributed by atoms with E-state index in [1.165, 1.54) is 0 Å². The molecule has 1 N–H and O–H groups in total. The van der Waals surface area contributed by atoms with Crippen molar-refractivity contribution in [2.75, 3.05) is 13.1 Å². The molecule has 4 nitrogen and oxygen atoms in total. The van der Waals surface area contributed by atoms with Crippen LogP contribution in [0.15, 0.2) is 42.9 Å². The monoisotopic (exact) mass is 298 g/mol. The molecule has 1 unspecified atom stereocenters. The highest BCUT2D eigenvalue weighted by molar-refractivity contribution is 6.30. The van der Waals surface area contributed by atoms with Crippen LogP contribution in [0.5, 0.6) is 0 Å². The van der Waals surface area contributed by atoms with Gasteiger partial charge in [0, 0.05) is 36.1 Å². The molecular formula is C16H15ClN4. The van der Waals surface area contributed by atoms with Crippen molar-refractivity contribution >= 4 is 17.2 Å². The molecule has 0 aliphatic carbocycles. The van der Waals surface area contributed by atoms with Crippen LogP contribution >= 0.6 is 11.6 Å². The predicted octanol–water partition coefficient (Wildman–Crippen LogP) is 3.13. The quantitative estimate of drug-likeness (QED) is 0.790. The average Bonchev–Trinajstić information content (AvgIpc) is 3.16. The zero-order valence-corrected chi connectivity index (χ0v) is 12.2. The lowest BCUT2D eigenvalue weighted by atomic mass is 10.0. The van der Waals surface area contributed by atoms with Gasteiger partial charge < -0.3 is 5.32 Å². The van der Waals surface area contributed by atoms with E-state index in [4.69, 9.17) is 11.6 Å². The highest BCUT2D eigenvalue weighted by atomic mass is 35.5. The minimum absolute atomic E-state index is 0.538. The lowest BCUT2D eigenvalue weighted by Gasteiger charge is -2.08. The Morgan fingerprint density at radius 2 is 2.10 bits per heavy atom. The average molecular weight is 299 g/mol. The van der Waals surface area contributed by atoms with Gasteiger partial charge in [-0.1, -0.05) is 11.6 Å². The van der Waals surface area contributed by atoms with E-state index in [9.17, 15) is 0 Å². The molecular weight excluding hydrogens is 284 g/mol. The summed E-state index contributed by atoms with van der Waals surface area (Å²) in [6.07, 6.45) is 6.84. The van der Waals surface area contributed by atoms with Crippen molar-refractivity contribution in [1.82, 2.24) is 19.7 Å². The first-order chi connectivity index (χ1) is 10.3. The van der Waals surface area contributed by atoms with E-state index in [0.29, 0.717) is 10.9 Å². The molecule has 3 aromatic heterocycles. The minimum atomic E-state index is 0.538. The third kappa shape index (κ3) is 2.30. The van der Waals surface area contributed by atoms with Gasteiger partial charge in [0.2, 0.25) is 0 Å². The first-order valence-corrected chi connectivity index (χ1v) is 7.49. The number of fused-ring (bicyclic) bond motifs is 1. The number of hydrogen-bond donors (Lipinski definition) is 1. The first-order valence-electron chi connectivity index (χ1n) is 7.11. The van der Waals surface area contributed by atoms with Gasteiger partial charge in [0.25, 0.3) is 0 Å². The normalized spacial score (nSPS) is 18.4. The van der Waals surface area contributed by atoms with Crippen molar-refractivity contribution in [2.24, 2.45) is 0 Å². The largest absolute Gasteiger partial charge is 0.316 e. The van der Waals surface area contributed by atoms with Gasteiger partial charge in [-0.3, -0.25) is 9.38 Å². The summed E-state index contributed by atoms with van der Waals surface area (Å²) >= 11 is 6.08. The van der Waals surface area contributed by atoms with Crippen molar-refractivity contribution < 1.29 is 0 Å². The van der Waals surface area contributed by atoms with E-state index >= 15 is 0 Å². The Hall–Kier alpha value is -1.91. The molecule has 1 atom stereocenters. The van der Waals surface area contributed by atoms with Gasteiger partial charge in [-0.2, -0.15) is 0 Å². The van der Waals surface area contributed by atoms with Crippen molar-refractivity contribution in [2.45, 2.75) is 12.3 Å². The van der Waals surface area contributed by atoms with Crippen LogP contribution in [0.2, 0.25) is 5.02 Å². The lowest BCUT2D eigenvalue weighted by molar-refractivity contribution is 0.735. The zero-order valence-electron chi connectivity index (χ0n) is 11.5. The lowest BCUT2D eigenvalue weighted by Crippen LogP contribution is -2.08. The summed E-state index contributed by atoms with van der Waals surface area (Å²) in [5, 5.41) is 4.07. The third-order valence-corrected chi connectivity index (χ3v) is 4.25. The molecule has 21 heavy (non-hydrogen) atoms. The third-order valence-electron chi connectivity index (χ3n) is 4.03. The standard InChI is InChI=1S/C16H15ClN4/c17-13-2-4-16-20-9-15(21(16)10-13)12-1-3-14(19-8-12)11-5-6-18-7-11/h1-4,8-11,18H,5-7H2. The van der Waals surface area contributed by atoms with Crippen molar-refractivity contribution in [3.63, 3.8) is 0 Å². The molecule has 3 aromatic rings. The van der Waals surface area contributed by atoms with Gasteiger partial charge in [-0.15, -0.1) is 0 Å². The first kappa shape index (κ1) is 12.8. The Balaban J connectivity index is 1.73. The van der Waals surface area contributed by atoms with Gasteiger partial charge in [0.1, 0.15) is 5.65 Å². The number of halogens is 1. The number of pyridine rings is 2. The maximum absolute atomic E-state index is 6.08. The summed E-state index contributed by atoms with van der Waals surface area (Å²) in [6.45, 7) is 2.11. The van der Waals surface area contributed by atoms with Crippen LogP contribution in [-0.2, 0) is 0 Å². The van der Waals surface area contributed by atoms with Crippen molar-refractivity contribution in [3.05, 3.63) is 53.6 Å². The van der Waals surface area contributed by atoms with Gasteiger partial charge in [0.05, 0.1) is 16.9 Å². The van der Waals surface area contributed by atoms with E-state index in [2.05, 4.69) is 27.4 Å². The molecule has 0 aromatic carbocycles. The summed E-state index contributed by atoms with van der Waals surface area (Å²) in [5.74, 6) is 0.538. The zero-order chi connectivity index (χ0) is 14.2. The molecule has 0 saturated carbocycles. The Morgan fingerprint density at radius 1 is 1.14 bits per heavy atom. The van der Waals surface area contributed by atoms with Gasteiger partial charge in [-0.05, 0) is 37.2 Å². The Labute approximate surface area is 127 Å². The number of imidazole rings is 1. The number of nitrogens with zero attached hydrogens (tertiary/aromatic N) is 3. The molecule has 0 radical (unpaired) electrons. The molecule has 5 heteroatoms. The van der Waals surface area contributed by atoms with E-state index in [-0.39, 0.29) is 0 Å². The molecule has 1 aliphatic rings. The van der Waals surface area contributed by atoms with Gasteiger partial charge >= 0.3 is 0 Å². The predicted molar refractivity (Wildman–Crippen MR) is 83.7 cm³/mol. The second-order valence-corrected chi connectivity index (χ2v) is 5.82. The van der Waals surface area contributed by atoms with E-state index in [0.717, 1.165) is 42.1 Å². The minimum Gasteiger partial charge on any atom is -0.316 e. The van der Waals surface area contributed by atoms with Crippen LogP contribution in [0.25, 0.3) is 16.9 Å². The fraction of sp³-hybridized carbons (Fsp3) is 0.250. The van der Waals surface area contributed by atoms with Crippen LogP contribution in [0.3, 0.4) is 0 Å². The van der Waals surface area contributed by atoms with E-state index in [1.54, 1.807) is 0 Å². The Kier molecular flexibility index (Phi) is 3.13. The van der Waals surface area contributed by atoms with Crippen molar-refractivity contribution in [3.8, 4) is 11.3 Å². The smallest absolute Gasteiger partial charge is 0.137 e. The summed E-state index contributed by atoms with van der Waals surface area (Å²) in [7, 11) is 0. The molecule has 4 heterocycles. The number of nitrogens with one attached hydrogen (secondary N) is 1. The Bertz CT molecular complexity index is 773. The molecule has 0 spiro atoms. The number of hydrogen-bond acceptors (Lipinski definition) is 3. The number of aromatic nitrogens is 3. The van der Waals surface area contributed by atoms with Crippen LogP contribution in [-0.4, -0.2) is 27.5 Å². The van der Waals surface area contributed by atoms with Crippen LogP contribution in [0, 0.1) is 0 Å². The molecule has 1 saturated heterocycles. The van der Waals surface area contributed by atoms with Crippen LogP contribution in [0.1, 0.15) is 18.0 Å². The van der Waals surface area contributed by atoms with Gasteiger partial charge in [-0.25, -0.2) is 4.98 Å². The molecule has 4 rings (SSSR count). The molecule has 106 valence electrons. The number of rotatable bonds is 2. The summed E-state index contributed by atoms with van der Waals surface area (Å²) in [4.78, 5) is 9.03. The van der Waals surface area contributed by atoms with E-state index < -0.39 is 0 Å². The maximum Gasteiger partial charge on any atom is 0.137 e. The summed E-state index contributed by atoms with van der Waals surface area (Å²) in [5.41, 5.74) is 4.12. The summed E-state index contributed by atoms with van der Waals surface area (Å²) in [6, 6.07) is 8.00. The fourth-order valence-corrected chi connectivity index (χ4v) is 3.03. The topological polar surface area (TPSA) is 42.2 Å². The van der Waals surface area contributed by atoms with Crippen LogP contribution in [0.4, 0.5) is 0 Å². The summed E-state index contributed by atoms with van der Waals surface area (Å²) < 4.78 is 2.00. The Morgan fingerprint density at radius 3 is 2.86 bits per heavy atom. The molecule has 0 amide bonds. The van der Waals surface area contributed by atoms with Crippen LogP contribution < -0.4 is 5.32 Å². The highest BCUT2D eigenvalue weighted by Gasteiger charge is 2.17. The highest BCUT2D eigenvalue weighted by Crippen LogP contribution is 2.25.